The van der Waals surface area contributed by atoms with Crippen LogP contribution in [0, 0.1) is 5.41 Å². The van der Waals surface area contributed by atoms with Crippen LogP contribution in [0.2, 0.25) is 0 Å². The number of carbonyl (C=O) groups is 1. The van der Waals surface area contributed by atoms with E-state index in [-0.39, 0.29) is 12.0 Å². The van der Waals surface area contributed by atoms with Crippen molar-refractivity contribution in [3.05, 3.63) is 24.3 Å². The van der Waals surface area contributed by atoms with Crippen LogP contribution in [0.4, 0.5) is 5.69 Å². The van der Waals surface area contributed by atoms with Crippen molar-refractivity contribution in [3.8, 4) is 5.75 Å². The van der Waals surface area contributed by atoms with Crippen molar-refractivity contribution in [2.24, 2.45) is 5.41 Å². The molecule has 18 heavy (non-hydrogen) atoms. The molecule has 0 aliphatic carbocycles. The van der Waals surface area contributed by atoms with Crippen LogP contribution >= 0.6 is 0 Å². The molecule has 0 saturated heterocycles. The number of hydrogen-bond donors (Lipinski definition) is 1. The second-order valence-corrected chi connectivity index (χ2v) is 4.78. The minimum Gasteiger partial charge on any atom is -0.497 e. The topological polar surface area (TPSA) is 47.6 Å². The van der Waals surface area contributed by atoms with Crippen LogP contribution in [0.5, 0.6) is 5.75 Å². The zero-order valence-corrected chi connectivity index (χ0v) is 11.6. The summed E-state index contributed by atoms with van der Waals surface area (Å²) in [5.74, 6) is 0.694. The van der Waals surface area contributed by atoms with Crippen LogP contribution in [0.3, 0.4) is 0 Å². The number of amides is 1. The predicted molar refractivity (Wildman–Crippen MR) is 71.9 cm³/mol. The molecule has 1 atom stereocenters. The fourth-order valence-corrected chi connectivity index (χ4v) is 1.45. The number of nitrogens with one attached hydrogen (secondary N) is 1. The van der Waals surface area contributed by atoms with Crippen molar-refractivity contribution in [3.63, 3.8) is 0 Å². The third-order valence-electron chi connectivity index (χ3n) is 3.30. The molecule has 100 valence electrons. The molecule has 1 aromatic rings. The van der Waals surface area contributed by atoms with Crippen LogP contribution in [0.1, 0.15) is 20.8 Å². The molecule has 4 heteroatoms. The van der Waals surface area contributed by atoms with E-state index in [9.17, 15) is 4.79 Å². The number of carbonyl (C=O) groups excluding carboxylic acids is 1. The van der Waals surface area contributed by atoms with Crippen molar-refractivity contribution in [1.29, 1.82) is 0 Å². The lowest BCUT2D eigenvalue weighted by atomic mass is 9.86. The molecule has 1 amide bonds. The summed E-state index contributed by atoms with van der Waals surface area (Å²) in [6.45, 7) is 5.60. The van der Waals surface area contributed by atoms with Crippen LogP contribution in [0.25, 0.3) is 0 Å². The number of ether oxygens (including phenoxy) is 2. The van der Waals surface area contributed by atoms with Gasteiger partial charge < -0.3 is 14.8 Å². The van der Waals surface area contributed by atoms with E-state index in [0.29, 0.717) is 0 Å². The second kappa shape index (κ2) is 5.87. The highest BCUT2D eigenvalue weighted by molar-refractivity contribution is 5.95. The molecule has 0 aliphatic rings. The Morgan fingerprint density at radius 1 is 1.22 bits per heavy atom. The highest BCUT2D eigenvalue weighted by Crippen LogP contribution is 2.25. The number of anilines is 1. The van der Waals surface area contributed by atoms with Gasteiger partial charge in [0, 0.05) is 12.8 Å². The van der Waals surface area contributed by atoms with E-state index in [4.69, 9.17) is 9.47 Å². The van der Waals surface area contributed by atoms with Crippen molar-refractivity contribution in [2.45, 2.75) is 26.9 Å². The number of rotatable bonds is 5. The fourth-order valence-electron chi connectivity index (χ4n) is 1.45. The van der Waals surface area contributed by atoms with Gasteiger partial charge in [-0.2, -0.15) is 0 Å². The lowest BCUT2D eigenvalue weighted by Gasteiger charge is -2.29. The summed E-state index contributed by atoms with van der Waals surface area (Å²) < 4.78 is 10.3. The van der Waals surface area contributed by atoms with E-state index in [0.717, 1.165) is 11.4 Å². The SMILES string of the molecule is COc1ccc(NC(=O)C(C)(C)C(C)OC)cc1. The molecule has 0 bridgehead atoms. The Labute approximate surface area is 108 Å². The van der Waals surface area contributed by atoms with Crippen molar-refractivity contribution >= 4 is 11.6 Å². The van der Waals surface area contributed by atoms with E-state index in [1.165, 1.54) is 0 Å². The molecule has 1 unspecified atom stereocenters. The summed E-state index contributed by atoms with van der Waals surface area (Å²) in [5, 5.41) is 2.87. The van der Waals surface area contributed by atoms with E-state index < -0.39 is 5.41 Å². The largest absolute Gasteiger partial charge is 0.497 e. The lowest BCUT2D eigenvalue weighted by molar-refractivity contribution is -0.130. The Bertz CT molecular complexity index is 398. The van der Waals surface area contributed by atoms with E-state index >= 15 is 0 Å². The van der Waals surface area contributed by atoms with Gasteiger partial charge in [-0.1, -0.05) is 0 Å². The Balaban J connectivity index is 2.74. The molecule has 1 aromatic carbocycles. The molecule has 0 aromatic heterocycles. The summed E-state index contributed by atoms with van der Waals surface area (Å²) in [6.07, 6.45) is -0.157. The average molecular weight is 251 g/mol. The summed E-state index contributed by atoms with van der Waals surface area (Å²) in [6, 6.07) is 7.24. The maximum absolute atomic E-state index is 12.2. The van der Waals surface area contributed by atoms with Crippen molar-refractivity contribution in [1.82, 2.24) is 0 Å². The Kier molecular flexibility index (Phi) is 4.73. The minimum atomic E-state index is -0.589. The van der Waals surface area contributed by atoms with Crippen molar-refractivity contribution in [2.75, 3.05) is 19.5 Å². The average Bonchev–Trinajstić information content (AvgIpc) is 2.38. The quantitative estimate of drug-likeness (QED) is 0.875. The maximum Gasteiger partial charge on any atom is 0.232 e. The maximum atomic E-state index is 12.2. The number of benzene rings is 1. The first-order valence-corrected chi connectivity index (χ1v) is 5.90. The molecule has 0 spiro atoms. The zero-order valence-electron chi connectivity index (χ0n) is 11.6. The van der Waals surface area contributed by atoms with Gasteiger partial charge in [0.05, 0.1) is 18.6 Å². The standard InChI is InChI=1S/C14H21NO3/c1-10(17-4)14(2,3)13(16)15-11-6-8-12(18-5)9-7-11/h6-10H,1-5H3,(H,15,16). The second-order valence-electron chi connectivity index (χ2n) is 4.78. The van der Waals surface area contributed by atoms with Gasteiger partial charge in [0.15, 0.2) is 0 Å². The summed E-state index contributed by atoms with van der Waals surface area (Å²) >= 11 is 0. The molecule has 0 aliphatic heterocycles. The molecule has 1 rings (SSSR count). The van der Waals surface area contributed by atoms with Gasteiger partial charge in [0.2, 0.25) is 5.91 Å². The van der Waals surface area contributed by atoms with Crippen LogP contribution in [0.15, 0.2) is 24.3 Å². The first-order valence-electron chi connectivity index (χ1n) is 5.90. The van der Waals surface area contributed by atoms with Crippen LogP contribution < -0.4 is 10.1 Å². The molecular formula is C14H21NO3. The van der Waals surface area contributed by atoms with Crippen LogP contribution in [-0.4, -0.2) is 26.2 Å². The normalized spacial score (nSPS) is 12.9. The highest BCUT2D eigenvalue weighted by Gasteiger charge is 2.34. The molecule has 0 heterocycles. The summed E-state index contributed by atoms with van der Waals surface area (Å²) in [7, 11) is 3.21. The lowest BCUT2D eigenvalue weighted by Crippen LogP contribution is -2.40. The first kappa shape index (κ1) is 14.5. The predicted octanol–water partition coefficient (Wildman–Crippen LogP) is 2.69. The highest BCUT2D eigenvalue weighted by atomic mass is 16.5. The molecule has 4 nitrogen and oxygen atoms in total. The molecule has 1 N–H and O–H groups in total. The van der Waals surface area contributed by atoms with Crippen LogP contribution in [-0.2, 0) is 9.53 Å². The van der Waals surface area contributed by atoms with Gasteiger partial charge in [-0.05, 0) is 45.0 Å². The van der Waals surface area contributed by atoms with Gasteiger partial charge >= 0.3 is 0 Å². The molecule has 0 saturated carbocycles. The van der Waals surface area contributed by atoms with Gasteiger partial charge in [0.1, 0.15) is 5.75 Å². The van der Waals surface area contributed by atoms with E-state index in [1.54, 1.807) is 14.2 Å². The van der Waals surface area contributed by atoms with Gasteiger partial charge in [0.25, 0.3) is 0 Å². The van der Waals surface area contributed by atoms with Gasteiger partial charge in [-0.25, -0.2) is 0 Å². The summed E-state index contributed by atoms with van der Waals surface area (Å²) in [5.41, 5.74) is 0.159. The molecule has 0 radical (unpaired) electrons. The molecule has 0 fully saturated rings. The zero-order chi connectivity index (χ0) is 13.8. The van der Waals surface area contributed by atoms with E-state index in [1.807, 2.05) is 45.0 Å². The smallest absolute Gasteiger partial charge is 0.232 e. The fraction of sp³-hybridized carbons (Fsp3) is 0.500. The Morgan fingerprint density at radius 2 is 1.78 bits per heavy atom. The first-order chi connectivity index (χ1) is 8.41. The monoisotopic (exact) mass is 251 g/mol. The molecular weight excluding hydrogens is 230 g/mol. The van der Waals surface area contributed by atoms with Gasteiger partial charge in [-0.15, -0.1) is 0 Å². The summed E-state index contributed by atoms with van der Waals surface area (Å²) in [4.78, 5) is 12.2. The van der Waals surface area contributed by atoms with Crippen molar-refractivity contribution < 1.29 is 14.3 Å². The van der Waals surface area contributed by atoms with Gasteiger partial charge in [-0.3, -0.25) is 4.79 Å². The number of methoxy groups -OCH3 is 2. The Hall–Kier alpha value is -1.55. The minimum absolute atomic E-state index is 0.0676. The van der Waals surface area contributed by atoms with E-state index in [2.05, 4.69) is 5.32 Å². The third-order valence-corrected chi connectivity index (χ3v) is 3.30. The third kappa shape index (κ3) is 3.23. The number of hydrogen-bond acceptors (Lipinski definition) is 3. The Morgan fingerprint density at radius 3 is 2.22 bits per heavy atom.